The number of hydrogen-bond donors (Lipinski definition) is 0. The number of rotatable bonds is 6. The van der Waals surface area contributed by atoms with Crippen LogP contribution in [0.2, 0.25) is 0 Å². The van der Waals surface area contributed by atoms with Crippen LogP contribution in [0, 0.1) is 0 Å². The van der Waals surface area contributed by atoms with Crippen LogP contribution in [-0.2, 0) is 20.9 Å². The molecule has 0 radical (unpaired) electrons. The van der Waals surface area contributed by atoms with E-state index in [0.29, 0.717) is 11.3 Å². The zero-order chi connectivity index (χ0) is 15.8. The van der Waals surface area contributed by atoms with E-state index in [2.05, 4.69) is 9.97 Å². The molecule has 1 heterocycles. The van der Waals surface area contributed by atoms with Gasteiger partial charge in [-0.1, -0.05) is 18.2 Å². The van der Waals surface area contributed by atoms with Gasteiger partial charge in [-0.2, -0.15) is 0 Å². The number of ether oxygens (including phenoxy) is 3. The highest BCUT2D eigenvalue weighted by molar-refractivity contribution is 6.16. The van der Waals surface area contributed by atoms with E-state index >= 15 is 0 Å². The molecule has 0 aliphatic rings. The molecule has 0 saturated carbocycles. The Morgan fingerprint density at radius 2 is 2.05 bits per heavy atom. The van der Waals surface area contributed by atoms with Gasteiger partial charge in [0.25, 0.3) is 0 Å². The van der Waals surface area contributed by atoms with Crippen molar-refractivity contribution in [3.8, 4) is 5.75 Å². The highest BCUT2D eigenvalue weighted by Gasteiger charge is 2.17. The van der Waals surface area contributed by atoms with Crippen LogP contribution in [0.3, 0.4) is 0 Å². The molecule has 0 unspecified atom stereocenters. The van der Waals surface area contributed by atoms with Gasteiger partial charge in [0.2, 0.25) is 0 Å². The lowest BCUT2D eigenvalue weighted by molar-refractivity contribution is -0.133. The monoisotopic (exact) mass is 300 g/mol. The molecule has 0 amide bonds. The topological polar surface area (TPSA) is 70.5 Å². The second-order valence-electron chi connectivity index (χ2n) is 4.24. The van der Waals surface area contributed by atoms with Crippen molar-refractivity contribution < 1.29 is 19.0 Å². The Hall–Kier alpha value is -2.89. The lowest BCUT2D eigenvalue weighted by Crippen LogP contribution is -2.07. The average Bonchev–Trinajstić information content (AvgIpc) is 2.58. The van der Waals surface area contributed by atoms with E-state index in [-0.39, 0.29) is 12.2 Å². The highest BCUT2D eigenvalue weighted by Crippen LogP contribution is 2.27. The molecule has 22 heavy (non-hydrogen) atoms. The van der Waals surface area contributed by atoms with Gasteiger partial charge in [0.05, 0.1) is 26.2 Å². The first kappa shape index (κ1) is 15.5. The standard InChI is InChI=1S/C16H16N2O4/c1-20-10-14(16(19)21-2)13-5-3-4-6-15(13)22-9-12-7-8-17-11-18-12/h3-8,10-11H,9H2,1-2H3/b14-10+. The molecule has 0 aliphatic heterocycles. The maximum atomic E-state index is 11.9. The zero-order valence-electron chi connectivity index (χ0n) is 12.4. The molecule has 0 fully saturated rings. The number of benzene rings is 1. The molecular formula is C16H16N2O4. The number of para-hydroxylation sites is 1. The number of nitrogens with zero attached hydrogens (tertiary/aromatic N) is 2. The summed E-state index contributed by atoms with van der Waals surface area (Å²) in [6.07, 6.45) is 4.43. The Labute approximate surface area is 128 Å². The Bertz CT molecular complexity index is 656. The van der Waals surface area contributed by atoms with E-state index in [1.165, 1.54) is 26.8 Å². The smallest absolute Gasteiger partial charge is 0.341 e. The van der Waals surface area contributed by atoms with Gasteiger partial charge in [-0.05, 0) is 12.1 Å². The van der Waals surface area contributed by atoms with Gasteiger partial charge in [0.15, 0.2) is 0 Å². The Morgan fingerprint density at radius 1 is 1.23 bits per heavy atom. The molecular weight excluding hydrogens is 284 g/mol. The summed E-state index contributed by atoms with van der Waals surface area (Å²) in [4.78, 5) is 19.8. The van der Waals surface area contributed by atoms with Crippen LogP contribution in [0.25, 0.3) is 5.57 Å². The minimum absolute atomic E-state index is 0.265. The molecule has 6 nitrogen and oxygen atoms in total. The van der Waals surface area contributed by atoms with Crippen molar-refractivity contribution in [3.63, 3.8) is 0 Å². The normalized spacial score (nSPS) is 10.9. The van der Waals surface area contributed by atoms with Crippen LogP contribution in [-0.4, -0.2) is 30.2 Å². The highest BCUT2D eigenvalue weighted by atomic mass is 16.5. The molecule has 1 aromatic heterocycles. The van der Waals surface area contributed by atoms with Gasteiger partial charge < -0.3 is 14.2 Å². The van der Waals surface area contributed by atoms with Crippen molar-refractivity contribution in [2.45, 2.75) is 6.61 Å². The minimum atomic E-state index is -0.500. The third-order valence-electron chi connectivity index (χ3n) is 2.84. The molecule has 0 N–H and O–H groups in total. The zero-order valence-corrected chi connectivity index (χ0v) is 12.4. The predicted molar refractivity (Wildman–Crippen MR) is 79.8 cm³/mol. The molecule has 0 bridgehead atoms. The Balaban J connectivity index is 2.26. The summed E-state index contributed by atoms with van der Waals surface area (Å²) in [6.45, 7) is 0.265. The number of carbonyl (C=O) groups excluding carboxylic acids is 1. The summed E-state index contributed by atoms with van der Waals surface area (Å²) in [5.41, 5.74) is 1.61. The first-order valence-electron chi connectivity index (χ1n) is 6.54. The first-order chi connectivity index (χ1) is 10.8. The Morgan fingerprint density at radius 3 is 2.73 bits per heavy atom. The van der Waals surface area contributed by atoms with Crippen molar-refractivity contribution >= 4 is 11.5 Å². The van der Waals surface area contributed by atoms with Crippen molar-refractivity contribution in [1.29, 1.82) is 0 Å². The van der Waals surface area contributed by atoms with E-state index < -0.39 is 5.97 Å². The van der Waals surface area contributed by atoms with Gasteiger partial charge >= 0.3 is 5.97 Å². The lowest BCUT2D eigenvalue weighted by Gasteiger charge is -2.12. The third kappa shape index (κ3) is 3.82. The van der Waals surface area contributed by atoms with Gasteiger partial charge in [-0.25, -0.2) is 14.8 Å². The average molecular weight is 300 g/mol. The maximum Gasteiger partial charge on any atom is 0.341 e. The summed E-state index contributed by atoms with van der Waals surface area (Å²) in [5, 5.41) is 0. The van der Waals surface area contributed by atoms with Crippen LogP contribution in [0.1, 0.15) is 11.3 Å². The quantitative estimate of drug-likeness (QED) is 0.463. The summed E-state index contributed by atoms with van der Waals surface area (Å²) in [5.74, 6) is 0.0368. The molecule has 0 atom stereocenters. The fraction of sp³-hybridized carbons (Fsp3) is 0.188. The predicted octanol–water partition coefficient (Wildman–Crippen LogP) is 2.22. The molecule has 0 spiro atoms. The van der Waals surface area contributed by atoms with Gasteiger partial charge in [0, 0.05) is 11.8 Å². The molecule has 114 valence electrons. The number of methoxy groups -OCH3 is 2. The SMILES string of the molecule is CO/C=C(/C(=O)OC)c1ccccc1OCc1ccncn1. The van der Waals surface area contributed by atoms with Gasteiger partial charge in [0.1, 0.15) is 24.3 Å². The molecule has 6 heteroatoms. The number of hydrogen-bond acceptors (Lipinski definition) is 6. The van der Waals surface area contributed by atoms with Crippen molar-refractivity contribution in [3.05, 3.63) is 60.4 Å². The molecule has 0 aliphatic carbocycles. The van der Waals surface area contributed by atoms with E-state index in [4.69, 9.17) is 14.2 Å². The van der Waals surface area contributed by atoms with E-state index in [1.807, 2.05) is 6.07 Å². The fourth-order valence-electron chi connectivity index (χ4n) is 1.82. The molecule has 1 aromatic carbocycles. The largest absolute Gasteiger partial charge is 0.503 e. The summed E-state index contributed by atoms with van der Waals surface area (Å²) >= 11 is 0. The van der Waals surface area contributed by atoms with Gasteiger partial charge in [-0.3, -0.25) is 0 Å². The van der Waals surface area contributed by atoms with Crippen molar-refractivity contribution in [2.24, 2.45) is 0 Å². The Kier molecular flexibility index (Phi) is 5.48. The summed E-state index contributed by atoms with van der Waals surface area (Å²) in [6, 6.07) is 8.91. The summed E-state index contributed by atoms with van der Waals surface area (Å²) < 4.78 is 15.5. The fourth-order valence-corrected chi connectivity index (χ4v) is 1.82. The van der Waals surface area contributed by atoms with E-state index in [0.717, 1.165) is 5.69 Å². The minimum Gasteiger partial charge on any atom is -0.503 e. The van der Waals surface area contributed by atoms with Crippen LogP contribution in [0.4, 0.5) is 0 Å². The number of esters is 1. The van der Waals surface area contributed by atoms with Crippen LogP contribution in [0.15, 0.2) is 49.1 Å². The number of aromatic nitrogens is 2. The molecule has 2 rings (SSSR count). The lowest BCUT2D eigenvalue weighted by atomic mass is 10.1. The molecule has 0 saturated heterocycles. The van der Waals surface area contributed by atoms with E-state index in [1.54, 1.807) is 30.5 Å². The van der Waals surface area contributed by atoms with Gasteiger partial charge in [-0.15, -0.1) is 0 Å². The number of carbonyl (C=O) groups is 1. The third-order valence-corrected chi connectivity index (χ3v) is 2.84. The molecule has 2 aromatic rings. The second kappa shape index (κ2) is 7.78. The second-order valence-corrected chi connectivity index (χ2v) is 4.24. The first-order valence-corrected chi connectivity index (χ1v) is 6.54. The van der Waals surface area contributed by atoms with Crippen LogP contribution in [0.5, 0.6) is 5.75 Å². The van der Waals surface area contributed by atoms with Crippen molar-refractivity contribution in [2.75, 3.05) is 14.2 Å². The maximum absolute atomic E-state index is 11.9. The van der Waals surface area contributed by atoms with E-state index in [9.17, 15) is 4.79 Å². The van der Waals surface area contributed by atoms with Crippen molar-refractivity contribution in [1.82, 2.24) is 9.97 Å². The summed E-state index contributed by atoms with van der Waals surface area (Å²) in [7, 11) is 2.78. The van der Waals surface area contributed by atoms with Crippen LogP contribution >= 0.6 is 0 Å². The van der Waals surface area contributed by atoms with Crippen LogP contribution < -0.4 is 4.74 Å².